The molecule has 0 aromatic carbocycles. The van der Waals surface area contributed by atoms with Crippen LogP contribution in [-0.4, -0.2) is 32.2 Å². The number of quaternary nitrogens is 1. The summed E-state index contributed by atoms with van der Waals surface area (Å²) in [5.74, 6) is -0.0663. The van der Waals surface area contributed by atoms with Gasteiger partial charge in [0.25, 0.3) is 0 Å². The predicted octanol–water partition coefficient (Wildman–Crippen LogP) is 1.03. The molecule has 98 valence electrons. The van der Waals surface area contributed by atoms with Crippen molar-refractivity contribution in [2.45, 2.75) is 52.5 Å². The van der Waals surface area contributed by atoms with Crippen molar-refractivity contribution in [1.82, 2.24) is 0 Å². The summed E-state index contributed by atoms with van der Waals surface area (Å²) in [7, 11) is 1.48. The second kappa shape index (κ2) is 4.27. The molecule has 3 atom stereocenters. The standard InChI is InChI=1S/C14H25NO2/c1-13(2)7-11-8-14(3,9-13)10-15(11)6-5-12(16)17-4/h11H,5-10H2,1-4H3/p+1/t11-,14-/m1/s1. The summed E-state index contributed by atoms with van der Waals surface area (Å²) in [5.41, 5.74) is 0.975. The SMILES string of the molecule is COC(=O)CC[NH+]1C[C@]2(C)C[C@H]1CC(C)(C)C2. The van der Waals surface area contributed by atoms with Gasteiger partial charge in [0.1, 0.15) is 0 Å². The maximum atomic E-state index is 11.2. The van der Waals surface area contributed by atoms with Crippen molar-refractivity contribution < 1.29 is 14.4 Å². The van der Waals surface area contributed by atoms with Crippen LogP contribution in [0, 0.1) is 10.8 Å². The van der Waals surface area contributed by atoms with Gasteiger partial charge in [-0.25, -0.2) is 0 Å². The number of carbonyl (C=O) groups is 1. The Morgan fingerprint density at radius 3 is 2.71 bits per heavy atom. The lowest BCUT2D eigenvalue weighted by atomic mass is 9.65. The summed E-state index contributed by atoms with van der Waals surface area (Å²) in [6, 6.07) is 0.758. The van der Waals surface area contributed by atoms with Crippen LogP contribution in [0.2, 0.25) is 0 Å². The second-order valence-electron chi connectivity index (χ2n) is 7.17. The number of rotatable bonds is 3. The van der Waals surface area contributed by atoms with Gasteiger partial charge in [-0.15, -0.1) is 0 Å². The molecule has 1 heterocycles. The quantitative estimate of drug-likeness (QED) is 0.747. The van der Waals surface area contributed by atoms with Gasteiger partial charge in [-0.1, -0.05) is 20.8 Å². The largest absolute Gasteiger partial charge is 0.469 e. The van der Waals surface area contributed by atoms with E-state index in [9.17, 15) is 4.79 Å². The third-order valence-corrected chi connectivity index (χ3v) is 4.55. The van der Waals surface area contributed by atoms with Crippen LogP contribution in [0.4, 0.5) is 0 Å². The lowest BCUT2D eigenvalue weighted by molar-refractivity contribution is -0.914. The van der Waals surface area contributed by atoms with Gasteiger partial charge in [-0.05, 0) is 11.8 Å². The highest BCUT2D eigenvalue weighted by Crippen LogP contribution is 2.47. The van der Waals surface area contributed by atoms with Crippen LogP contribution in [0.1, 0.15) is 46.5 Å². The average Bonchev–Trinajstić information content (AvgIpc) is 2.43. The smallest absolute Gasteiger partial charge is 0.311 e. The third-order valence-electron chi connectivity index (χ3n) is 4.55. The number of ether oxygens (including phenoxy) is 1. The van der Waals surface area contributed by atoms with Crippen LogP contribution in [0.25, 0.3) is 0 Å². The van der Waals surface area contributed by atoms with Crippen LogP contribution in [-0.2, 0) is 9.53 Å². The normalized spacial score (nSPS) is 39.1. The topological polar surface area (TPSA) is 30.7 Å². The van der Waals surface area contributed by atoms with Crippen LogP contribution < -0.4 is 4.90 Å². The number of nitrogens with one attached hydrogen (secondary N) is 1. The van der Waals surface area contributed by atoms with Crippen LogP contribution in [0.3, 0.4) is 0 Å². The number of carbonyl (C=O) groups excluding carboxylic acids is 1. The Labute approximate surface area is 105 Å². The Balaban J connectivity index is 1.96. The Hall–Kier alpha value is -0.570. The zero-order valence-electron chi connectivity index (χ0n) is 11.6. The maximum absolute atomic E-state index is 11.2. The zero-order valence-corrected chi connectivity index (χ0v) is 11.6. The van der Waals surface area contributed by atoms with E-state index in [1.165, 1.54) is 32.9 Å². The van der Waals surface area contributed by atoms with E-state index < -0.39 is 0 Å². The van der Waals surface area contributed by atoms with Crippen LogP contribution >= 0.6 is 0 Å². The minimum atomic E-state index is -0.0663. The Bertz CT molecular complexity index is 313. The van der Waals surface area contributed by atoms with E-state index in [-0.39, 0.29) is 5.97 Å². The molecule has 1 saturated carbocycles. The van der Waals surface area contributed by atoms with Crippen molar-refractivity contribution in [3.8, 4) is 0 Å². The molecular formula is C14H26NO2+. The summed E-state index contributed by atoms with van der Waals surface area (Å²) >= 11 is 0. The van der Waals surface area contributed by atoms with Crippen molar-refractivity contribution in [3.63, 3.8) is 0 Å². The molecule has 2 fully saturated rings. The van der Waals surface area contributed by atoms with Gasteiger partial charge in [0.15, 0.2) is 0 Å². The fourth-order valence-electron chi connectivity index (χ4n) is 4.41. The summed E-state index contributed by atoms with van der Waals surface area (Å²) in [5, 5.41) is 0. The maximum Gasteiger partial charge on any atom is 0.311 e. The van der Waals surface area contributed by atoms with Gasteiger partial charge in [0.2, 0.25) is 0 Å². The van der Waals surface area contributed by atoms with Gasteiger partial charge in [0.05, 0.1) is 32.7 Å². The van der Waals surface area contributed by atoms with E-state index in [0.29, 0.717) is 17.3 Å². The Morgan fingerprint density at radius 1 is 1.35 bits per heavy atom. The first kappa shape index (κ1) is 12.9. The molecule has 3 heteroatoms. The number of hydrogen-bond donors (Lipinski definition) is 1. The summed E-state index contributed by atoms with van der Waals surface area (Å²) < 4.78 is 4.74. The molecule has 1 saturated heterocycles. The molecule has 2 aliphatic rings. The number of esters is 1. The summed E-state index contributed by atoms with van der Waals surface area (Å²) in [6.07, 6.45) is 4.54. The van der Waals surface area contributed by atoms with Crippen LogP contribution in [0.15, 0.2) is 0 Å². The molecule has 17 heavy (non-hydrogen) atoms. The Morgan fingerprint density at radius 2 is 2.06 bits per heavy atom. The molecule has 3 nitrogen and oxygen atoms in total. The molecule has 0 aromatic heterocycles. The summed E-state index contributed by atoms with van der Waals surface area (Å²) in [4.78, 5) is 12.9. The molecule has 2 rings (SSSR count). The minimum Gasteiger partial charge on any atom is -0.469 e. The molecule has 0 radical (unpaired) electrons. The molecule has 2 bridgehead atoms. The molecule has 1 unspecified atom stereocenters. The van der Waals surface area contributed by atoms with Crippen molar-refractivity contribution in [2.75, 3.05) is 20.2 Å². The lowest BCUT2D eigenvalue weighted by Crippen LogP contribution is -3.14. The van der Waals surface area contributed by atoms with E-state index in [1.807, 2.05) is 0 Å². The first-order valence-electron chi connectivity index (χ1n) is 6.75. The van der Waals surface area contributed by atoms with Crippen molar-refractivity contribution >= 4 is 5.97 Å². The fraction of sp³-hybridized carbons (Fsp3) is 0.929. The van der Waals surface area contributed by atoms with E-state index in [0.717, 1.165) is 12.6 Å². The fourth-order valence-corrected chi connectivity index (χ4v) is 4.41. The first-order valence-corrected chi connectivity index (χ1v) is 6.75. The zero-order chi connectivity index (χ0) is 12.7. The second-order valence-corrected chi connectivity index (χ2v) is 7.17. The first-order chi connectivity index (χ1) is 7.84. The molecule has 0 spiro atoms. The van der Waals surface area contributed by atoms with Crippen LogP contribution in [0.5, 0.6) is 0 Å². The monoisotopic (exact) mass is 240 g/mol. The Kier molecular flexibility index (Phi) is 3.23. The number of fused-ring (bicyclic) bond motifs is 2. The molecule has 1 aliphatic heterocycles. The van der Waals surface area contributed by atoms with Crippen molar-refractivity contribution in [1.29, 1.82) is 0 Å². The van der Waals surface area contributed by atoms with Gasteiger partial charge < -0.3 is 9.64 Å². The molecule has 1 aliphatic carbocycles. The van der Waals surface area contributed by atoms with Crippen molar-refractivity contribution in [3.05, 3.63) is 0 Å². The third kappa shape index (κ3) is 2.82. The van der Waals surface area contributed by atoms with Crippen molar-refractivity contribution in [2.24, 2.45) is 10.8 Å². The number of likely N-dealkylation sites (tertiary alicyclic amines) is 1. The van der Waals surface area contributed by atoms with E-state index in [1.54, 1.807) is 4.90 Å². The van der Waals surface area contributed by atoms with Gasteiger partial charge in [0, 0.05) is 18.3 Å². The molecular weight excluding hydrogens is 214 g/mol. The highest BCUT2D eigenvalue weighted by Gasteiger charge is 2.52. The van der Waals surface area contributed by atoms with E-state index in [4.69, 9.17) is 4.74 Å². The molecule has 0 aromatic rings. The number of methoxy groups -OCH3 is 1. The lowest BCUT2D eigenvalue weighted by Gasteiger charge is -2.37. The van der Waals surface area contributed by atoms with E-state index >= 15 is 0 Å². The highest BCUT2D eigenvalue weighted by atomic mass is 16.5. The highest BCUT2D eigenvalue weighted by molar-refractivity contribution is 5.69. The van der Waals surface area contributed by atoms with Gasteiger partial charge in [-0.2, -0.15) is 0 Å². The molecule has 0 amide bonds. The van der Waals surface area contributed by atoms with Gasteiger partial charge in [-0.3, -0.25) is 4.79 Å². The molecule has 1 N–H and O–H groups in total. The summed E-state index contributed by atoms with van der Waals surface area (Å²) in [6.45, 7) is 9.38. The number of hydrogen-bond acceptors (Lipinski definition) is 2. The predicted molar refractivity (Wildman–Crippen MR) is 66.9 cm³/mol. The average molecular weight is 240 g/mol. The van der Waals surface area contributed by atoms with E-state index in [2.05, 4.69) is 20.8 Å². The minimum absolute atomic E-state index is 0.0663. The van der Waals surface area contributed by atoms with Gasteiger partial charge >= 0.3 is 5.97 Å².